The first-order valence-electron chi connectivity index (χ1n) is 9.95. The quantitative estimate of drug-likeness (QED) is 0.657. The fourth-order valence-electron chi connectivity index (χ4n) is 3.68. The standard InChI is InChI=1S/C22H23FN6O2/c1-13-3-5-18(17-7-14(2)20-16(8-17)4-6-19(30)27-20)26-21(13)28-12-25-29(22(28)31)11-15(9-23)10-24/h3,5,7-9,12H,4,6,10-11,24H2,1-2H3,(H,27,30)/b15-9+. The van der Waals surface area contributed by atoms with E-state index in [-0.39, 0.29) is 24.6 Å². The normalized spacial score (nSPS) is 13.8. The van der Waals surface area contributed by atoms with Gasteiger partial charge >= 0.3 is 5.69 Å². The van der Waals surface area contributed by atoms with Crippen LogP contribution in [0.25, 0.3) is 17.1 Å². The van der Waals surface area contributed by atoms with E-state index in [1.165, 1.54) is 10.9 Å². The molecule has 4 rings (SSSR count). The Labute approximate surface area is 178 Å². The molecule has 8 nitrogen and oxygen atoms in total. The van der Waals surface area contributed by atoms with Crippen molar-refractivity contribution < 1.29 is 9.18 Å². The number of hydrogen-bond acceptors (Lipinski definition) is 5. The van der Waals surface area contributed by atoms with Gasteiger partial charge in [0.05, 0.1) is 18.6 Å². The number of aryl methyl sites for hydroxylation is 3. The molecule has 0 spiro atoms. The number of amides is 1. The van der Waals surface area contributed by atoms with Crippen molar-refractivity contribution in [3.8, 4) is 17.1 Å². The fraction of sp³-hybridized carbons (Fsp3) is 0.273. The Morgan fingerprint density at radius 1 is 1.23 bits per heavy atom. The summed E-state index contributed by atoms with van der Waals surface area (Å²) in [5.74, 6) is 0.479. The second kappa shape index (κ2) is 8.27. The fourth-order valence-corrected chi connectivity index (χ4v) is 3.68. The molecule has 0 atom stereocenters. The molecule has 1 aromatic carbocycles. The largest absolute Gasteiger partial charge is 0.351 e. The lowest BCUT2D eigenvalue weighted by molar-refractivity contribution is -0.116. The van der Waals surface area contributed by atoms with Crippen LogP contribution in [0.15, 0.2) is 47.3 Å². The van der Waals surface area contributed by atoms with Crippen LogP contribution in [-0.4, -0.2) is 31.8 Å². The SMILES string of the molecule is Cc1ccc(-c2cc(C)c3c(c2)CCC(=O)N3)nc1-n1cnn(C/C(=C/F)CN)c1=O. The summed E-state index contributed by atoms with van der Waals surface area (Å²) in [4.78, 5) is 29.2. The average Bonchev–Trinajstić information content (AvgIpc) is 3.12. The Bertz CT molecular complexity index is 1260. The van der Waals surface area contributed by atoms with Gasteiger partial charge in [-0.25, -0.2) is 23.4 Å². The highest BCUT2D eigenvalue weighted by Gasteiger charge is 2.19. The maximum absolute atomic E-state index is 12.9. The van der Waals surface area contributed by atoms with Gasteiger partial charge in [0.15, 0.2) is 0 Å². The highest BCUT2D eigenvalue weighted by Crippen LogP contribution is 2.32. The van der Waals surface area contributed by atoms with Gasteiger partial charge in [-0.1, -0.05) is 6.07 Å². The molecule has 0 fully saturated rings. The number of pyridine rings is 1. The first-order valence-corrected chi connectivity index (χ1v) is 9.95. The summed E-state index contributed by atoms with van der Waals surface area (Å²) in [6.07, 6.45) is 2.90. The first-order chi connectivity index (χ1) is 14.9. The molecule has 0 bridgehead atoms. The Balaban J connectivity index is 1.74. The molecule has 0 radical (unpaired) electrons. The van der Waals surface area contributed by atoms with Gasteiger partial charge in [0.1, 0.15) is 12.1 Å². The lowest BCUT2D eigenvalue weighted by Gasteiger charge is -2.20. The monoisotopic (exact) mass is 422 g/mol. The number of fused-ring (bicyclic) bond motifs is 1. The molecule has 2 aromatic heterocycles. The second-order valence-electron chi connectivity index (χ2n) is 7.63. The van der Waals surface area contributed by atoms with Gasteiger partial charge in [0, 0.05) is 24.2 Å². The van der Waals surface area contributed by atoms with Crippen molar-refractivity contribution in [3.63, 3.8) is 0 Å². The van der Waals surface area contributed by atoms with E-state index < -0.39 is 5.69 Å². The number of aromatic nitrogens is 4. The topological polar surface area (TPSA) is 108 Å². The Hall–Kier alpha value is -3.59. The maximum Gasteiger partial charge on any atom is 0.351 e. The van der Waals surface area contributed by atoms with E-state index in [1.54, 1.807) is 0 Å². The molecule has 0 saturated carbocycles. The van der Waals surface area contributed by atoms with Gasteiger partial charge in [-0.15, -0.1) is 0 Å². The molecule has 0 saturated heterocycles. The summed E-state index contributed by atoms with van der Waals surface area (Å²) >= 11 is 0. The number of carbonyl (C=O) groups is 1. The Kier molecular flexibility index (Phi) is 5.51. The van der Waals surface area contributed by atoms with E-state index in [2.05, 4.69) is 10.4 Å². The van der Waals surface area contributed by atoms with Gasteiger partial charge in [-0.3, -0.25) is 4.79 Å². The van der Waals surface area contributed by atoms with Crippen LogP contribution >= 0.6 is 0 Å². The van der Waals surface area contributed by atoms with Crippen molar-refractivity contribution in [2.75, 3.05) is 11.9 Å². The smallest absolute Gasteiger partial charge is 0.327 e. The summed E-state index contributed by atoms with van der Waals surface area (Å²) in [5.41, 5.74) is 10.6. The first kappa shape index (κ1) is 20.7. The van der Waals surface area contributed by atoms with Gasteiger partial charge in [0.2, 0.25) is 5.91 Å². The molecule has 3 aromatic rings. The van der Waals surface area contributed by atoms with Crippen LogP contribution in [0, 0.1) is 13.8 Å². The molecule has 3 heterocycles. The third-order valence-electron chi connectivity index (χ3n) is 5.40. The van der Waals surface area contributed by atoms with E-state index >= 15 is 0 Å². The van der Waals surface area contributed by atoms with E-state index in [4.69, 9.17) is 10.7 Å². The van der Waals surface area contributed by atoms with Crippen LogP contribution < -0.4 is 16.7 Å². The van der Waals surface area contributed by atoms with Crippen LogP contribution in [0.5, 0.6) is 0 Å². The number of nitrogens with two attached hydrogens (primary N) is 1. The van der Waals surface area contributed by atoms with Crippen LogP contribution in [0.1, 0.15) is 23.1 Å². The zero-order valence-corrected chi connectivity index (χ0v) is 17.4. The van der Waals surface area contributed by atoms with Gasteiger partial charge < -0.3 is 11.1 Å². The van der Waals surface area contributed by atoms with E-state index in [0.717, 1.165) is 32.6 Å². The minimum atomic E-state index is -0.426. The molecular weight excluding hydrogens is 399 g/mol. The van der Waals surface area contributed by atoms with Crippen LogP contribution in [-0.2, 0) is 17.8 Å². The third kappa shape index (κ3) is 3.91. The van der Waals surface area contributed by atoms with E-state index in [9.17, 15) is 14.0 Å². The van der Waals surface area contributed by atoms with Crippen molar-refractivity contribution in [1.29, 1.82) is 0 Å². The van der Waals surface area contributed by atoms with Crippen LogP contribution in [0.3, 0.4) is 0 Å². The molecular formula is C22H23FN6O2. The number of nitrogens with zero attached hydrogens (tertiary/aromatic N) is 4. The molecule has 0 aliphatic carbocycles. The summed E-state index contributed by atoms with van der Waals surface area (Å²) in [7, 11) is 0. The predicted octanol–water partition coefficient (Wildman–Crippen LogP) is 2.41. The van der Waals surface area contributed by atoms with Gasteiger partial charge in [-0.05, 0) is 60.7 Å². The van der Waals surface area contributed by atoms with E-state index in [1.807, 2.05) is 38.1 Å². The molecule has 3 N–H and O–H groups in total. The zero-order chi connectivity index (χ0) is 22.1. The summed E-state index contributed by atoms with van der Waals surface area (Å²) in [6, 6.07) is 7.78. The maximum atomic E-state index is 12.9. The zero-order valence-electron chi connectivity index (χ0n) is 17.4. The molecule has 0 unspecified atom stereocenters. The number of anilines is 1. The highest BCUT2D eigenvalue weighted by molar-refractivity contribution is 5.95. The second-order valence-corrected chi connectivity index (χ2v) is 7.63. The number of carbonyl (C=O) groups excluding carboxylic acids is 1. The minimum absolute atomic E-state index is 0.000691. The molecule has 160 valence electrons. The van der Waals surface area contributed by atoms with Crippen molar-refractivity contribution in [3.05, 3.63) is 69.7 Å². The average molecular weight is 422 g/mol. The highest BCUT2D eigenvalue weighted by atomic mass is 19.1. The van der Waals surface area contributed by atoms with Gasteiger partial charge in [-0.2, -0.15) is 5.10 Å². The molecule has 1 amide bonds. The summed E-state index contributed by atoms with van der Waals surface area (Å²) < 4.78 is 15.4. The molecule has 1 aliphatic heterocycles. The lowest BCUT2D eigenvalue weighted by Crippen LogP contribution is -2.26. The summed E-state index contributed by atoms with van der Waals surface area (Å²) in [5, 5.41) is 7.01. The molecule has 9 heteroatoms. The number of hydrogen-bond donors (Lipinski definition) is 2. The summed E-state index contributed by atoms with van der Waals surface area (Å²) in [6.45, 7) is 3.79. The van der Waals surface area contributed by atoms with Crippen LogP contribution in [0.2, 0.25) is 0 Å². The predicted molar refractivity (Wildman–Crippen MR) is 116 cm³/mol. The number of nitrogens with one attached hydrogen (secondary N) is 1. The Morgan fingerprint density at radius 2 is 2.03 bits per heavy atom. The number of benzene rings is 1. The Morgan fingerprint density at radius 3 is 2.77 bits per heavy atom. The van der Waals surface area contributed by atoms with Crippen molar-refractivity contribution >= 4 is 11.6 Å². The molecule has 1 aliphatic rings. The minimum Gasteiger partial charge on any atom is -0.327 e. The van der Waals surface area contributed by atoms with Crippen molar-refractivity contribution in [1.82, 2.24) is 19.3 Å². The van der Waals surface area contributed by atoms with E-state index in [0.29, 0.717) is 30.7 Å². The van der Waals surface area contributed by atoms with Crippen molar-refractivity contribution in [2.24, 2.45) is 5.73 Å². The lowest BCUT2D eigenvalue weighted by atomic mass is 9.95. The number of halogens is 1. The number of rotatable bonds is 5. The van der Waals surface area contributed by atoms with Gasteiger partial charge in [0.25, 0.3) is 0 Å². The third-order valence-corrected chi connectivity index (χ3v) is 5.40. The molecule has 31 heavy (non-hydrogen) atoms. The van der Waals surface area contributed by atoms with Crippen LogP contribution in [0.4, 0.5) is 10.1 Å². The van der Waals surface area contributed by atoms with Crippen molar-refractivity contribution in [2.45, 2.75) is 33.2 Å².